The fourth-order valence-electron chi connectivity index (χ4n) is 4.22. The molecule has 9 nitrogen and oxygen atoms in total. The van der Waals surface area contributed by atoms with E-state index in [9.17, 15) is 9.59 Å². The zero-order valence-corrected chi connectivity index (χ0v) is 18.8. The SMILES string of the molecule is O=C(NCCCN1CCCC1=O)C1=C[C@H](c2ccc3c(c2)OCO3)C[C@H](OCCCCO)O1. The van der Waals surface area contributed by atoms with Crippen LogP contribution in [0.3, 0.4) is 0 Å². The number of unbranched alkanes of at least 4 members (excludes halogenated alkanes) is 1. The van der Waals surface area contributed by atoms with Crippen LogP contribution in [0.4, 0.5) is 0 Å². The molecular weight excluding hydrogens is 428 g/mol. The van der Waals surface area contributed by atoms with Gasteiger partial charge in [0, 0.05) is 45.0 Å². The Labute approximate surface area is 193 Å². The predicted octanol–water partition coefficient (Wildman–Crippen LogP) is 2.05. The van der Waals surface area contributed by atoms with E-state index in [1.54, 1.807) is 0 Å². The lowest BCUT2D eigenvalue weighted by atomic mass is 9.92. The lowest BCUT2D eigenvalue weighted by Crippen LogP contribution is -2.35. The second-order valence-corrected chi connectivity index (χ2v) is 8.43. The van der Waals surface area contributed by atoms with Crippen LogP contribution in [-0.2, 0) is 19.1 Å². The molecule has 3 aliphatic rings. The van der Waals surface area contributed by atoms with E-state index in [-0.39, 0.29) is 36.9 Å². The van der Waals surface area contributed by atoms with Crippen LogP contribution < -0.4 is 14.8 Å². The van der Waals surface area contributed by atoms with E-state index < -0.39 is 6.29 Å². The van der Waals surface area contributed by atoms with Gasteiger partial charge in [0.05, 0.1) is 6.61 Å². The molecule has 3 heterocycles. The molecule has 2 atom stereocenters. The number of nitrogens with one attached hydrogen (secondary N) is 1. The number of aliphatic hydroxyl groups is 1. The molecule has 3 aliphatic heterocycles. The molecule has 1 aromatic rings. The lowest BCUT2D eigenvalue weighted by molar-refractivity contribution is -0.146. The monoisotopic (exact) mass is 460 g/mol. The Bertz CT molecular complexity index is 872. The summed E-state index contributed by atoms with van der Waals surface area (Å²) in [7, 11) is 0. The highest BCUT2D eigenvalue weighted by molar-refractivity contribution is 5.91. The number of carbonyl (C=O) groups is 2. The molecule has 1 saturated heterocycles. The van der Waals surface area contributed by atoms with E-state index >= 15 is 0 Å². The number of ether oxygens (including phenoxy) is 4. The fraction of sp³-hybridized carbons (Fsp3) is 0.583. The average molecular weight is 461 g/mol. The van der Waals surface area contributed by atoms with E-state index in [0.717, 1.165) is 18.5 Å². The smallest absolute Gasteiger partial charge is 0.286 e. The third-order valence-electron chi connectivity index (χ3n) is 6.02. The molecule has 180 valence electrons. The van der Waals surface area contributed by atoms with Gasteiger partial charge >= 0.3 is 0 Å². The van der Waals surface area contributed by atoms with Gasteiger partial charge in [-0.2, -0.15) is 0 Å². The highest BCUT2D eigenvalue weighted by Crippen LogP contribution is 2.38. The van der Waals surface area contributed by atoms with Crippen LogP contribution in [0.2, 0.25) is 0 Å². The summed E-state index contributed by atoms with van der Waals surface area (Å²) in [5.41, 5.74) is 0.990. The predicted molar refractivity (Wildman–Crippen MR) is 119 cm³/mol. The van der Waals surface area contributed by atoms with Crippen molar-refractivity contribution >= 4 is 11.8 Å². The number of allylic oxidation sites excluding steroid dienone is 1. The number of fused-ring (bicyclic) bond motifs is 1. The van der Waals surface area contributed by atoms with Crippen molar-refractivity contribution in [3.05, 3.63) is 35.6 Å². The van der Waals surface area contributed by atoms with Crippen LogP contribution in [0.15, 0.2) is 30.0 Å². The number of nitrogens with zero attached hydrogens (tertiary/aromatic N) is 1. The molecule has 1 aromatic carbocycles. The molecule has 0 radical (unpaired) electrons. The maximum atomic E-state index is 12.8. The zero-order chi connectivity index (χ0) is 23.0. The summed E-state index contributed by atoms with van der Waals surface area (Å²) >= 11 is 0. The Kier molecular flexibility index (Phi) is 8.06. The molecule has 0 aliphatic carbocycles. The quantitative estimate of drug-likeness (QED) is 0.487. The topological polar surface area (TPSA) is 107 Å². The first-order valence-corrected chi connectivity index (χ1v) is 11.7. The Balaban J connectivity index is 1.37. The standard InChI is InChI=1S/C24H32N2O7/c27-11-1-2-12-30-23-15-18(17-6-7-19-20(13-17)32-16-31-19)14-21(33-23)24(29)25-8-4-10-26-9-3-5-22(26)28/h6-7,13-14,18,23,27H,1-5,8-12,15-16H2,(H,25,29)/t18-,23+/m0/s1. The first-order valence-electron chi connectivity index (χ1n) is 11.7. The number of rotatable bonds is 11. The molecule has 2 N–H and O–H groups in total. The summed E-state index contributed by atoms with van der Waals surface area (Å²) in [5, 5.41) is 11.9. The highest BCUT2D eigenvalue weighted by Gasteiger charge is 2.30. The normalized spacial score (nSPS) is 21.7. The van der Waals surface area contributed by atoms with Crippen LogP contribution in [0, 0.1) is 0 Å². The summed E-state index contributed by atoms with van der Waals surface area (Å²) < 4.78 is 22.6. The van der Waals surface area contributed by atoms with Gasteiger partial charge in [-0.05, 0) is 49.5 Å². The van der Waals surface area contributed by atoms with Gasteiger partial charge < -0.3 is 34.3 Å². The minimum atomic E-state index is -0.563. The van der Waals surface area contributed by atoms with Crippen molar-refractivity contribution < 1.29 is 33.6 Å². The number of hydrogen-bond donors (Lipinski definition) is 2. The van der Waals surface area contributed by atoms with Gasteiger partial charge in [0.15, 0.2) is 17.3 Å². The summed E-state index contributed by atoms with van der Waals surface area (Å²) in [6.07, 6.45) is 5.41. The minimum absolute atomic E-state index is 0.0842. The highest BCUT2D eigenvalue weighted by atomic mass is 16.7. The van der Waals surface area contributed by atoms with Crippen LogP contribution in [-0.4, -0.2) is 67.8 Å². The Morgan fingerprint density at radius 1 is 1.21 bits per heavy atom. The summed E-state index contributed by atoms with van der Waals surface area (Å²) in [4.78, 5) is 26.4. The summed E-state index contributed by atoms with van der Waals surface area (Å²) in [5.74, 6) is 1.44. The molecule has 0 aromatic heterocycles. The number of amides is 2. The van der Waals surface area contributed by atoms with Crippen molar-refractivity contribution in [3.8, 4) is 11.5 Å². The number of aliphatic hydroxyl groups excluding tert-OH is 1. The van der Waals surface area contributed by atoms with Crippen LogP contribution in [0.5, 0.6) is 11.5 Å². The van der Waals surface area contributed by atoms with E-state index in [0.29, 0.717) is 63.3 Å². The average Bonchev–Trinajstić information content (AvgIpc) is 3.47. The van der Waals surface area contributed by atoms with Gasteiger partial charge in [0.1, 0.15) is 0 Å². The molecule has 33 heavy (non-hydrogen) atoms. The molecule has 2 amide bonds. The van der Waals surface area contributed by atoms with Gasteiger partial charge in [-0.15, -0.1) is 0 Å². The minimum Gasteiger partial charge on any atom is -0.459 e. The molecule has 0 spiro atoms. The Morgan fingerprint density at radius 3 is 2.91 bits per heavy atom. The van der Waals surface area contributed by atoms with Crippen molar-refractivity contribution in [2.45, 2.75) is 50.7 Å². The Hall–Kier alpha value is -2.78. The Morgan fingerprint density at radius 2 is 2.09 bits per heavy atom. The van der Waals surface area contributed by atoms with Crippen molar-refractivity contribution in [2.24, 2.45) is 0 Å². The second kappa shape index (κ2) is 11.4. The number of benzene rings is 1. The largest absolute Gasteiger partial charge is 0.459 e. The van der Waals surface area contributed by atoms with Gasteiger partial charge in [-0.1, -0.05) is 6.07 Å². The van der Waals surface area contributed by atoms with Gasteiger partial charge in [-0.3, -0.25) is 9.59 Å². The number of likely N-dealkylation sites (tertiary alicyclic amines) is 1. The van der Waals surface area contributed by atoms with Crippen molar-refractivity contribution in [3.63, 3.8) is 0 Å². The van der Waals surface area contributed by atoms with Gasteiger partial charge in [-0.25, -0.2) is 0 Å². The second-order valence-electron chi connectivity index (χ2n) is 8.43. The van der Waals surface area contributed by atoms with E-state index in [4.69, 9.17) is 24.1 Å². The molecule has 1 fully saturated rings. The van der Waals surface area contributed by atoms with Gasteiger partial charge in [0.2, 0.25) is 19.0 Å². The third-order valence-corrected chi connectivity index (χ3v) is 6.02. The van der Waals surface area contributed by atoms with Crippen LogP contribution in [0.25, 0.3) is 0 Å². The maximum absolute atomic E-state index is 12.8. The summed E-state index contributed by atoms with van der Waals surface area (Å²) in [6.45, 7) is 2.67. The van der Waals surface area contributed by atoms with Crippen molar-refractivity contribution in [1.82, 2.24) is 10.2 Å². The van der Waals surface area contributed by atoms with Crippen molar-refractivity contribution in [1.29, 1.82) is 0 Å². The van der Waals surface area contributed by atoms with E-state index in [1.807, 2.05) is 29.2 Å². The molecule has 0 unspecified atom stereocenters. The molecule has 9 heteroatoms. The van der Waals surface area contributed by atoms with Crippen LogP contribution >= 0.6 is 0 Å². The van der Waals surface area contributed by atoms with Crippen molar-refractivity contribution in [2.75, 3.05) is 39.6 Å². The number of carbonyl (C=O) groups excluding carboxylic acids is 2. The van der Waals surface area contributed by atoms with Gasteiger partial charge in [0.25, 0.3) is 5.91 Å². The molecular formula is C24H32N2O7. The first-order chi connectivity index (χ1) is 16.1. The van der Waals surface area contributed by atoms with E-state index in [1.165, 1.54) is 0 Å². The van der Waals surface area contributed by atoms with E-state index in [2.05, 4.69) is 5.32 Å². The molecule has 4 rings (SSSR count). The third kappa shape index (κ3) is 6.17. The number of hydrogen-bond acceptors (Lipinski definition) is 7. The fourth-order valence-corrected chi connectivity index (χ4v) is 4.22. The summed E-state index contributed by atoms with van der Waals surface area (Å²) in [6, 6.07) is 5.77. The molecule has 0 saturated carbocycles. The zero-order valence-electron chi connectivity index (χ0n) is 18.8. The lowest BCUT2D eigenvalue weighted by Gasteiger charge is -2.29. The van der Waals surface area contributed by atoms with Crippen LogP contribution in [0.1, 0.15) is 50.0 Å². The maximum Gasteiger partial charge on any atom is 0.286 e. The molecule has 0 bridgehead atoms. The first kappa shape index (κ1) is 23.4.